The van der Waals surface area contributed by atoms with Crippen molar-refractivity contribution in [2.24, 2.45) is 0 Å². The molecule has 0 aromatic heterocycles. The van der Waals surface area contributed by atoms with E-state index >= 15 is 0 Å². The van der Waals surface area contributed by atoms with Gasteiger partial charge in [-0.15, -0.1) is 0 Å². The topological polar surface area (TPSA) is 9.23 Å². The summed E-state index contributed by atoms with van der Waals surface area (Å²) in [5.74, 6) is 0.846. The zero-order valence-electron chi connectivity index (χ0n) is 9.50. The van der Waals surface area contributed by atoms with Crippen LogP contribution in [0.3, 0.4) is 0 Å². The van der Waals surface area contributed by atoms with Gasteiger partial charge in [0.25, 0.3) is 0 Å². The van der Waals surface area contributed by atoms with Crippen molar-refractivity contribution in [2.45, 2.75) is 11.9 Å². The molecule has 0 saturated carbocycles. The molecule has 0 aliphatic rings. The molecular formula is C14H11Br2ClO. The van der Waals surface area contributed by atoms with Gasteiger partial charge in [0, 0.05) is 20.4 Å². The van der Waals surface area contributed by atoms with E-state index in [1.807, 2.05) is 42.5 Å². The summed E-state index contributed by atoms with van der Waals surface area (Å²) in [4.78, 5) is 0. The predicted molar refractivity (Wildman–Crippen MR) is 82.6 cm³/mol. The third-order valence-electron chi connectivity index (χ3n) is 2.49. The summed E-state index contributed by atoms with van der Waals surface area (Å²) in [5.41, 5.74) is 2.20. The van der Waals surface area contributed by atoms with Crippen molar-refractivity contribution in [2.75, 3.05) is 0 Å². The lowest BCUT2D eigenvalue weighted by molar-refractivity contribution is 0.306. The molecule has 18 heavy (non-hydrogen) atoms. The molecule has 0 aliphatic carbocycles. The van der Waals surface area contributed by atoms with Crippen molar-refractivity contribution in [1.29, 1.82) is 0 Å². The molecule has 0 radical (unpaired) electrons. The molecule has 4 heteroatoms. The Morgan fingerprint density at radius 3 is 2.39 bits per heavy atom. The zero-order chi connectivity index (χ0) is 13.0. The molecule has 0 fully saturated rings. The number of hydrogen-bond acceptors (Lipinski definition) is 1. The number of benzene rings is 2. The number of halogens is 3. The van der Waals surface area contributed by atoms with E-state index in [2.05, 4.69) is 31.9 Å². The molecule has 2 aromatic carbocycles. The molecular weight excluding hydrogens is 379 g/mol. The van der Waals surface area contributed by atoms with Gasteiger partial charge in [0.05, 0.1) is 0 Å². The van der Waals surface area contributed by atoms with Crippen LogP contribution in [0.1, 0.15) is 11.1 Å². The highest BCUT2D eigenvalue weighted by Gasteiger charge is 2.02. The Morgan fingerprint density at radius 2 is 1.78 bits per heavy atom. The molecule has 2 aromatic rings. The maximum Gasteiger partial charge on any atom is 0.119 e. The van der Waals surface area contributed by atoms with Crippen LogP contribution in [0.4, 0.5) is 0 Å². The lowest BCUT2D eigenvalue weighted by Gasteiger charge is -2.08. The number of hydrogen-bond donors (Lipinski definition) is 0. The van der Waals surface area contributed by atoms with Gasteiger partial charge in [0.15, 0.2) is 0 Å². The number of alkyl halides is 1. The van der Waals surface area contributed by atoms with Crippen molar-refractivity contribution >= 4 is 43.5 Å². The smallest absolute Gasteiger partial charge is 0.119 e. The quantitative estimate of drug-likeness (QED) is 0.620. The SMILES string of the molecule is Clc1cc(Br)ccc1COc1ccc(CBr)cc1. The fourth-order valence-corrected chi connectivity index (χ4v) is 2.58. The molecule has 0 heterocycles. The normalized spacial score (nSPS) is 10.4. The van der Waals surface area contributed by atoms with E-state index in [0.717, 1.165) is 21.1 Å². The largest absolute Gasteiger partial charge is 0.489 e. The summed E-state index contributed by atoms with van der Waals surface area (Å²) >= 11 is 12.9. The molecule has 0 aliphatic heterocycles. The lowest BCUT2D eigenvalue weighted by atomic mass is 10.2. The van der Waals surface area contributed by atoms with Crippen LogP contribution in [-0.2, 0) is 11.9 Å². The van der Waals surface area contributed by atoms with Gasteiger partial charge in [0.1, 0.15) is 12.4 Å². The van der Waals surface area contributed by atoms with Crippen LogP contribution < -0.4 is 4.74 Å². The van der Waals surface area contributed by atoms with Gasteiger partial charge < -0.3 is 4.74 Å². The van der Waals surface area contributed by atoms with E-state index < -0.39 is 0 Å². The Balaban J connectivity index is 2.02. The van der Waals surface area contributed by atoms with Gasteiger partial charge in [-0.1, -0.05) is 61.7 Å². The van der Waals surface area contributed by atoms with Crippen LogP contribution in [0, 0.1) is 0 Å². The maximum atomic E-state index is 6.13. The molecule has 0 atom stereocenters. The summed E-state index contributed by atoms with van der Waals surface area (Å²) < 4.78 is 6.67. The van der Waals surface area contributed by atoms with Gasteiger partial charge in [-0.25, -0.2) is 0 Å². The van der Waals surface area contributed by atoms with Gasteiger partial charge in [0.2, 0.25) is 0 Å². The molecule has 1 nitrogen and oxygen atoms in total. The predicted octanol–water partition coefficient (Wildman–Crippen LogP) is 5.58. The van der Waals surface area contributed by atoms with Crippen LogP contribution in [0.25, 0.3) is 0 Å². The second kappa shape index (κ2) is 6.60. The first kappa shape index (κ1) is 13.9. The van der Waals surface area contributed by atoms with Crippen molar-refractivity contribution in [3.8, 4) is 5.75 Å². The van der Waals surface area contributed by atoms with E-state index in [4.69, 9.17) is 16.3 Å². The van der Waals surface area contributed by atoms with Crippen LogP contribution in [-0.4, -0.2) is 0 Å². The number of ether oxygens (including phenoxy) is 1. The fraction of sp³-hybridized carbons (Fsp3) is 0.143. The average molecular weight is 391 g/mol. The zero-order valence-corrected chi connectivity index (χ0v) is 13.4. The third kappa shape index (κ3) is 3.74. The van der Waals surface area contributed by atoms with Crippen LogP contribution in [0.5, 0.6) is 5.75 Å². The summed E-state index contributed by atoms with van der Waals surface area (Å²) in [6, 6.07) is 13.8. The first-order valence-electron chi connectivity index (χ1n) is 5.40. The van der Waals surface area contributed by atoms with Gasteiger partial charge in [-0.05, 0) is 29.8 Å². The average Bonchev–Trinajstić information content (AvgIpc) is 2.38. The van der Waals surface area contributed by atoms with E-state index in [0.29, 0.717) is 11.6 Å². The van der Waals surface area contributed by atoms with E-state index in [1.54, 1.807) is 0 Å². The second-order valence-corrected chi connectivity index (χ2v) is 5.69. The van der Waals surface area contributed by atoms with Crippen LogP contribution in [0.15, 0.2) is 46.9 Å². The Labute approximate surface area is 128 Å². The minimum Gasteiger partial charge on any atom is -0.489 e. The Kier molecular flexibility index (Phi) is 5.10. The highest BCUT2D eigenvalue weighted by Crippen LogP contribution is 2.23. The Bertz CT molecular complexity index is 526. The van der Waals surface area contributed by atoms with E-state index in [9.17, 15) is 0 Å². The molecule has 0 amide bonds. The second-order valence-electron chi connectivity index (χ2n) is 3.80. The van der Waals surface area contributed by atoms with E-state index in [-0.39, 0.29) is 0 Å². The molecule has 0 unspecified atom stereocenters. The monoisotopic (exact) mass is 388 g/mol. The van der Waals surface area contributed by atoms with Gasteiger partial charge >= 0.3 is 0 Å². The first-order chi connectivity index (χ1) is 8.69. The van der Waals surface area contributed by atoms with Crippen molar-refractivity contribution in [3.63, 3.8) is 0 Å². The van der Waals surface area contributed by atoms with Gasteiger partial charge in [-0.2, -0.15) is 0 Å². The van der Waals surface area contributed by atoms with Crippen molar-refractivity contribution in [1.82, 2.24) is 0 Å². The summed E-state index contributed by atoms with van der Waals surface area (Å²) in [6.45, 7) is 0.472. The van der Waals surface area contributed by atoms with Crippen molar-refractivity contribution < 1.29 is 4.74 Å². The highest BCUT2D eigenvalue weighted by molar-refractivity contribution is 9.10. The minimum absolute atomic E-state index is 0.472. The Hall–Kier alpha value is -0.510. The molecule has 0 N–H and O–H groups in total. The highest BCUT2D eigenvalue weighted by atomic mass is 79.9. The Morgan fingerprint density at radius 1 is 1.06 bits per heavy atom. The first-order valence-corrected chi connectivity index (χ1v) is 7.70. The molecule has 2 rings (SSSR count). The third-order valence-corrected chi connectivity index (χ3v) is 3.98. The van der Waals surface area contributed by atoms with Crippen LogP contribution in [0.2, 0.25) is 5.02 Å². The van der Waals surface area contributed by atoms with Crippen LogP contribution >= 0.6 is 43.5 Å². The molecule has 0 bridgehead atoms. The maximum absolute atomic E-state index is 6.13. The fourth-order valence-electron chi connectivity index (χ4n) is 1.47. The standard InChI is InChI=1S/C14H11Br2ClO/c15-8-10-1-5-13(6-2-10)18-9-11-3-4-12(16)7-14(11)17/h1-7H,8-9H2. The minimum atomic E-state index is 0.472. The number of rotatable bonds is 4. The molecule has 94 valence electrons. The van der Waals surface area contributed by atoms with Gasteiger partial charge in [-0.3, -0.25) is 0 Å². The summed E-state index contributed by atoms with van der Waals surface area (Å²) in [5, 5.41) is 1.56. The molecule has 0 spiro atoms. The van der Waals surface area contributed by atoms with Crippen molar-refractivity contribution in [3.05, 3.63) is 63.1 Å². The lowest BCUT2D eigenvalue weighted by Crippen LogP contribution is -1.96. The summed E-state index contributed by atoms with van der Waals surface area (Å²) in [6.07, 6.45) is 0. The summed E-state index contributed by atoms with van der Waals surface area (Å²) in [7, 11) is 0. The van der Waals surface area contributed by atoms with E-state index in [1.165, 1.54) is 5.56 Å². The molecule has 0 saturated heterocycles.